The summed E-state index contributed by atoms with van der Waals surface area (Å²) in [6.45, 7) is 9.32. The van der Waals surface area contributed by atoms with Crippen LogP contribution in [0.4, 0.5) is 0 Å². The van der Waals surface area contributed by atoms with Crippen LogP contribution in [0, 0.1) is 0 Å². The summed E-state index contributed by atoms with van der Waals surface area (Å²) in [5.74, 6) is 1.45. The lowest BCUT2D eigenvalue weighted by Gasteiger charge is -2.32. The number of carbonyl (C=O) groups excluding carboxylic acids is 1. The van der Waals surface area contributed by atoms with Crippen LogP contribution < -0.4 is 5.32 Å². The molecule has 0 aromatic carbocycles. The molecule has 1 aliphatic rings. The largest absolute Gasteiger partial charge is 0.341 e. The molecule has 1 rings (SSSR count). The lowest BCUT2D eigenvalue weighted by atomic mass is 10.2. The van der Waals surface area contributed by atoms with Gasteiger partial charge in [0.15, 0.2) is 0 Å². The number of amides is 1. The molecule has 0 aromatic rings. The van der Waals surface area contributed by atoms with Gasteiger partial charge in [0.1, 0.15) is 0 Å². The maximum absolute atomic E-state index is 12.0. The van der Waals surface area contributed by atoms with Gasteiger partial charge in [-0.1, -0.05) is 20.8 Å². The zero-order chi connectivity index (χ0) is 12.7. The molecular weight excluding hydrogens is 232 g/mol. The van der Waals surface area contributed by atoms with Crippen LogP contribution >= 0.6 is 11.8 Å². The summed E-state index contributed by atoms with van der Waals surface area (Å²) < 4.78 is 0. The molecule has 100 valence electrons. The lowest BCUT2D eigenvalue weighted by molar-refractivity contribution is -0.131. The van der Waals surface area contributed by atoms with Gasteiger partial charge in [0.2, 0.25) is 5.91 Å². The van der Waals surface area contributed by atoms with Crippen LogP contribution in [0.25, 0.3) is 0 Å². The molecule has 3 nitrogen and oxygen atoms in total. The molecule has 0 radical (unpaired) electrons. The fourth-order valence-electron chi connectivity index (χ4n) is 1.98. The fraction of sp³-hybridized carbons (Fsp3) is 0.923. The number of thioether (sulfide) groups is 1. The Morgan fingerprint density at radius 2 is 2.29 bits per heavy atom. The molecule has 0 bridgehead atoms. The summed E-state index contributed by atoms with van der Waals surface area (Å²) in [4.78, 5) is 14.0. The molecule has 0 aliphatic carbocycles. The molecule has 1 unspecified atom stereocenters. The highest BCUT2D eigenvalue weighted by Gasteiger charge is 2.22. The second-order valence-corrected chi connectivity index (χ2v) is 6.36. The average Bonchev–Trinajstić information content (AvgIpc) is 2.34. The van der Waals surface area contributed by atoms with Gasteiger partial charge in [-0.05, 0) is 19.4 Å². The molecule has 0 aromatic heterocycles. The summed E-state index contributed by atoms with van der Waals surface area (Å²) in [6.07, 6.45) is 2.82. The van der Waals surface area contributed by atoms with Crippen LogP contribution in [0.3, 0.4) is 0 Å². The zero-order valence-electron chi connectivity index (χ0n) is 11.4. The van der Waals surface area contributed by atoms with Gasteiger partial charge in [0.05, 0.1) is 0 Å². The van der Waals surface area contributed by atoms with Gasteiger partial charge in [-0.3, -0.25) is 4.79 Å². The number of hydrogen-bond donors (Lipinski definition) is 1. The van der Waals surface area contributed by atoms with Crippen LogP contribution in [0.5, 0.6) is 0 Å². The van der Waals surface area contributed by atoms with Gasteiger partial charge < -0.3 is 10.2 Å². The summed E-state index contributed by atoms with van der Waals surface area (Å²) in [5.41, 5.74) is 0. The van der Waals surface area contributed by atoms with E-state index in [9.17, 15) is 4.79 Å². The van der Waals surface area contributed by atoms with E-state index in [0.717, 1.165) is 31.8 Å². The first kappa shape index (κ1) is 14.8. The minimum absolute atomic E-state index is 0.342. The van der Waals surface area contributed by atoms with Crippen molar-refractivity contribution in [2.24, 2.45) is 0 Å². The first-order valence-corrected chi connectivity index (χ1v) is 7.81. The second kappa shape index (κ2) is 7.98. The Balaban J connectivity index is 2.18. The Labute approximate surface area is 110 Å². The standard InChI is InChI=1S/C13H26N2OS/c1-4-12-10-15(8-9-17-12)13(16)6-5-7-14-11(2)3/h11-12,14H,4-10H2,1-3H3. The van der Waals surface area contributed by atoms with E-state index in [4.69, 9.17) is 0 Å². The van der Waals surface area contributed by atoms with Crippen molar-refractivity contribution in [3.8, 4) is 0 Å². The van der Waals surface area contributed by atoms with Gasteiger partial charge in [0, 0.05) is 36.6 Å². The molecule has 0 spiro atoms. The molecule has 0 saturated carbocycles. The summed E-state index contributed by atoms with van der Waals surface area (Å²) >= 11 is 2.01. The number of nitrogens with one attached hydrogen (secondary N) is 1. The van der Waals surface area contributed by atoms with Crippen molar-refractivity contribution < 1.29 is 4.79 Å². The quantitative estimate of drug-likeness (QED) is 0.741. The van der Waals surface area contributed by atoms with Crippen molar-refractivity contribution >= 4 is 17.7 Å². The molecule has 1 atom stereocenters. The summed E-state index contributed by atoms with van der Waals surface area (Å²) in [7, 11) is 0. The summed E-state index contributed by atoms with van der Waals surface area (Å²) in [6, 6.07) is 0.515. The van der Waals surface area contributed by atoms with E-state index < -0.39 is 0 Å². The highest BCUT2D eigenvalue weighted by Crippen LogP contribution is 2.21. The minimum atomic E-state index is 0.342. The SMILES string of the molecule is CCC1CN(C(=O)CCCNC(C)C)CCS1. The number of carbonyl (C=O) groups is 1. The first-order chi connectivity index (χ1) is 8.13. The molecule has 1 N–H and O–H groups in total. The Morgan fingerprint density at radius 3 is 2.94 bits per heavy atom. The zero-order valence-corrected chi connectivity index (χ0v) is 12.2. The maximum Gasteiger partial charge on any atom is 0.222 e. The van der Waals surface area contributed by atoms with Crippen molar-refractivity contribution in [3.05, 3.63) is 0 Å². The molecule has 1 fully saturated rings. The van der Waals surface area contributed by atoms with Crippen molar-refractivity contribution in [1.82, 2.24) is 10.2 Å². The van der Waals surface area contributed by atoms with E-state index in [1.54, 1.807) is 0 Å². The molecule has 1 heterocycles. The number of rotatable bonds is 6. The molecule has 4 heteroatoms. The van der Waals surface area contributed by atoms with E-state index in [0.29, 0.717) is 23.6 Å². The number of hydrogen-bond acceptors (Lipinski definition) is 3. The van der Waals surface area contributed by atoms with Gasteiger partial charge >= 0.3 is 0 Å². The highest BCUT2D eigenvalue weighted by molar-refractivity contribution is 8.00. The van der Waals surface area contributed by atoms with Gasteiger partial charge in [0.25, 0.3) is 0 Å². The van der Waals surface area contributed by atoms with Gasteiger partial charge in [-0.2, -0.15) is 11.8 Å². The predicted octanol–water partition coefficient (Wildman–Crippen LogP) is 2.12. The lowest BCUT2D eigenvalue weighted by Crippen LogP contribution is -2.41. The third-order valence-electron chi connectivity index (χ3n) is 3.07. The topological polar surface area (TPSA) is 32.3 Å². The monoisotopic (exact) mass is 258 g/mol. The first-order valence-electron chi connectivity index (χ1n) is 6.76. The molecule has 17 heavy (non-hydrogen) atoms. The van der Waals surface area contributed by atoms with Crippen molar-refractivity contribution in [2.45, 2.75) is 51.3 Å². The number of nitrogens with zero attached hydrogens (tertiary/aromatic N) is 1. The second-order valence-electron chi connectivity index (χ2n) is 4.95. The summed E-state index contributed by atoms with van der Waals surface area (Å²) in [5, 5.41) is 4.00. The van der Waals surface area contributed by atoms with E-state index in [2.05, 4.69) is 31.0 Å². The third-order valence-corrected chi connectivity index (χ3v) is 4.44. The molecule has 1 aliphatic heterocycles. The van der Waals surface area contributed by atoms with E-state index in [-0.39, 0.29) is 0 Å². The van der Waals surface area contributed by atoms with E-state index >= 15 is 0 Å². The van der Waals surface area contributed by atoms with Crippen molar-refractivity contribution in [3.63, 3.8) is 0 Å². The van der Waals surface area contributed by atoms with Crippen molar-refractivity contribution in [2.75, 3.05) is 25.4 Å². The highest BCUT2D eigenvalue weighted by atomic mass is 32.2. The van der Waals surface area contributed by atoms with Crippen molar-refractivity contribution in [1.29, 1.82) is 0 Å². The van der Waals surface area contributed by atoms with Crippen LogP contribution in [0.1, 0.15) is 40.0 Å². The Bertz CT molecular complexity index is 233. The van der Waals surface area contributed by atoms with Crippen LogP contribution in [0.2, 0.25) is 0 Å². The van der Waals surface area contributed by atoms with Crippen LogP contribution in [0.15, 0.2) is 0 Å². The third kappa shape index (κ3) is 5.77. The van der Waals surface area contributed by atoms with Gasteiger partial charge in [-0.25, -0.2) is 0 Å². The Morgan fingerprint density at radius 1 is 1.53 bits per heavy atom. The smallest absolute Gasteiger partial charge is 0.222 e. The maximum atomic E-state index is 12.0. The fourth-order valence-corrected chi connectivity index (χ4v) is 3.16. The Kier molecular flexibility index (Phi) is 6.97. The predicted molar refractivity (Wildman–Crippen MR) is 75.5 cm³/mol. The van der Waals surface area contributed by atoms with Crippen LogP contribution in [-0.4, -0.2) is 47.5 Å². The average molecular weight is 258 g/mol. The minimum Gasteiger partial charge on any atom is -0.341 e. The van der Waals surface area contributed by atoms with E-state index in [1.165, 1.54) is 6.42 Å². The normalized spacial score (nSPS) is 20.9. The molecular formula is C13H26N2OS. The molecule has 1 amide bonds. The van der Waals surface area contributed by atoms with E-state index in [1.807, 2.05) is 11.8 Å². The van der Waals surface area contributed by atoms with Gasteiger partial charge in [-0.15, -0.1) is 0 Å². The Hall–Kier alpha value is -0.220. The molecule has 1 saturated heterocycles. The van der Waals surface area contributed by atoms with Crippen LogP contribution in [-0.2, 0) is 4.79 Å².